The Morgan fingerprint density at radius 1 is 0.842 bits per heavy atom. The van der Waals surface area contributed by atoms with Crippen molar-refractivity contribution in [1.29, 1.82) is 0 Å². The predicted octanol–water partition coefficient (Wildman–Crippen LogP) is 3.72. The first-order valence-electron chi connectivity index (χ1n) is 7.78. The molecule has 0 bridgehead atoms. The minimum atomic E-state index is -2.89. The molecular formula is C15H36NO2P. The Bertz CT molecular complexity index is 208. The number of hydrogen-bond donors (Lipinski definition) is 0. The molecule has 0 saturated carbocycles. The molecule has 0 rings (SSSR count). The lowest BCUT2D eigenvalue weighted by Crippen LogP contribution is -2.46. The molecule has 0 aliphatic rings. The van der Waals surface area contributed by atoms with Crippen molar-refractivity contribution in [3.8, 4) is 0 Å². The highest BCUT2D eigenvalue weighted by molar-refractivity contribution is 7.54. The van der Waals surface area contributed by atoms with E-state index in [0.29, 0.717) is 0 Å². The molecular weight excluding hydrogens is 257 g/mol. The predicted molar refractivity (Wildman–Crippen MR) is 85.0 cm³/mol. The molecule has 19 heavy (non-hydrogen) atoms. The Morgan fingerprint density at radius 2 is 1.05 bits per heavy atom. The third-order valence-electron chi connectivity index (χ3n) is 3.15. The summed E-state index contributed by atoms with van der Waals surface area (Å²) in [5, 5.41) is 0. The summed E-state index contributed by atoms with van der Waals surface area (Å²) in [5.74, 6) is 0. The van der Waals surface area contributed by atoms with E-state index in [4.69, 9.17) is 0 Å². The smallest absolute Gasteiger partial charge is 0.0784 e. The van der Waals surface area contributed by atoms with E-state index in [-0.39, 0.29) is 0 Å². The molecule has 0 spiro atoms. The topological polar surface area (TPSA) is 40.1 Å². The van der Waals surface area contributed by atoms with Crippen LogP contribution in [0.2, 0.25) is 0 Å². The van der Waals surface area contributed by atoms with E-state index in [2.05, 4.69) is 27.8 Å². The maximum atomic E-state index is 9.66. The summed E-state index contributed by atoms with van der Waals surface area (Å²) in [6.45, 7) is 13.4. The van der Waals surface area contributed by atoms with E-state index >= 15 is 0 Å². The summed E-state index contributed by atoms with van der Waals surface area (Å²) in [7, 11) is -0.443. The molecule has 4 heteroatoms. The average molecular weight is 293 g/mol. The van der Waals surface area contributed by atoms with Gasteiger partial charge in [0.05, 0.1) is 26.7 Å². The molecule has 0 fully saturated rings. The zero-order valence-corrected chi connectivity index (χ0v) is 15.0. The summed E-state index contributed by atoms with van der Waals surface area (Å²) in [4.78, 5) is 9.66. The Balaban J connectivity index is 0. The van der Waals surface area contributed by atoms with Crippen molar-refractivity contribution in [2.45, 2.75) is 59.3 Å². The lowest BCUT2D eigenvalue weighted by atomic mass is 10.2. The molecule has 0 radical (unpaired) electrons. The van der Waals surface area contributed by atoms with Crippen molar-refractivity contribution in [3.63, 3.8) is 0 Å². The van der Waals surface area contributed by atoms with Crippen molar-refractivity contribution >= 4 is 7.37 Å². The summed E-state index contributed by atoms with van der Waals surface area (Å²) >= 11 is 0. The second-order valence-corrected chi connectivity index (χ2v) is 8.61. The van der Waals surface area contributed by atoms with Gasteiger partial charge in [0.25, 0.3) is 0 Å². The van der Waals surface area contributed by atoms with Crippen LogP contribution in [0, 0.1) is 0 Å². The van der Waals surface area contributed by atoms with Gasteiger partial charge in [0, 0.05) is 7.37 Å². The van der Waals surface area contributed by atoms with E-state index in [1.165, 1.54) is 76.0 Å². The van der Waals surface area contributed by atoms with Crippen LogP contribution in [0.1, 0.15) is 59.3 Å². The van der Waals surface area contributed by atoms with Crippen LogP contribution in [-0.2, 0) is 4.57 Å². The van der Waals surface area contributed by atoms with Crippen molar-refractivity contribution in [2.24, 2.45) is 0 Å². The van der Waals surface area contributed by atoms with Gasteiger partial charge >= 0.3 is 0 Å². The van der Waals surface area contributed by atoms with Crippen LogP contribution < -0.4 is 4.89 Å². The molecule has 0 heterocycles. The summed E-state index contributed by atoms with van der Waals surface area (Å²) in [6, 6.07) is 0. The summed E-state index contributed by atoms with van der Waals surface area (Å²) in [6.07, 6.45) is 8.20. The molecule has 0 aliphatic heterocycles. The largest absolute Gasteiger partial charge is 0.800 e. The van der Waals surface area contributed by atoms with Crippen LogP contribution in [0.5, 0.6) is 0 Å². The van der Waals surface area contributed by atoms with Gasteiger partial charge in [0.1, 0.15) is 0 Å². The number of rotatable bonds is 9. The quantitative estimate of drug-likeness (QED) is 0.480. The number of unbranched alkanes of at least 4 members (excludes halogenated alkanes) is 3. The zero-order chi connectivity index (χ0) is 15.4. The molecule has 0 saturated heterocycles. The third-order valence-corrected chi connectivity index (χ3v) is 3.15. The highest BCUT2D eigenvalue weighted by Gasteiger charge is 2.18. The van der Waals surface area contributed by atoms with Crippen molar-refractivity contribution < 1.29 is 13.9 Å². The van der Waals surface area contributed by atoms with Gasteiger partial charge in [-0.15, -0.1) is 0 Å². The molecule has 0 N–H and O–H groups in total. The van der Waals surface area contributed by atoms with Crippen molar-refractivity contribution in [3.05, 3.63) is 0 Å². The summed E-state index contributed by atoms with van der Waals surface area (Å²) < 4.78 is 11.0. The van der Waals surface area contributed by atoms with E-state index in [0.717, 1.165) is 0 Å². The van der Waals surface area contributed by atoms with Crippen LogP contribution in [0.4, 0.5) is 0 Å². The van der Waals surface area contributed by atoms with Gasteiger partial charge < -0.3 is 13.9 Å². The first-order valence-corrected chi connectivity index (χ1v) is 10.3. The van der Waals surface area contributed by atoms with Gasteiger partial charge in [-0.3, -0.25) is 0 Å². The van der Waals surface area contributed by atoms with E-state index in [1.807, 2.05) is 0 Å². The maximum Gasteiger partial charge on any atom is 0.0784 e. The molecule has 118 valence electrons. The van der Waals surface area contributed by atoms with E-state index in [1.54, 1.807) is 0 Å². The Labute approximate surface area is 121 Å². The lowest BCUT2D eigenvalue weighted by Gasteiger charge is -2.34. The minimum absolute atomic E-state index is 1.19. The van der Waals surface area contributed by atoms with E-state index in [9.17, 15) is 9.46 Å². The lowest BCUT2D eigenvalue weighted by molar-refractivity contribution is -0.910. The monoisotopic (exact) mass is 293 g/mol. The van der Waals surface area contributed by atoms with Crippen LogP contribution in [0.3, 0.4) is 0 Å². The second-order valence-electron chi connectivity index (χ2n) is 6.10. The number of hydrogen-bond acceptors (Lipinski definition) is 2. The second kappa shape index (κ2) is 11.9. The molecule has 0 unspecified atom stereocenters. The molecule has 0 aliphatic carbocycles. The van der Waals surface area contributed by atoms with Crippen LogP contribution >= 0.6 is 7.37 Å². The highest BCUT2D eigenvalue weighted by atomic mass is 31.2. The maximum absolute atomic E-state index is 9.66. The number of nitrogens with zero attached hydrogens (tertiary/aromatic N) is 1. The molecule has 0 aromatic rings. The molecule has 0 aromatic carbocycles. The molecule has 3 nitrogen and oxygen atoms in total. The first kappa shape index (κ1) is 21.4. The Kier molecular flexibility index (Phi) is 13.5. The highest BCUT2D eigenvalue weighted by Crippen LogP contribution is 2.20. The van der Waals surface area contributed by atoms with Crippen LogP contribution in [-0.4, -0.2) is 44.5 Å². The summed E-state index contributed by atoms with van der Waals surface area (Å²) in [5.41, 5.74) is 0. The van der Waals surface area contributed by atoms with Gasteiger partial charge in [-0.2, -0.15) is 0 Å². The molecule has 0 atom stereocenters. The minimum Gasteiger partial charge on any atom is -0.800 e. The van der Waals surface area contributed by atoms with Gasteiger partial charge in [0.15, 0.2) is 0 Å². The Morgan fingerprint density at radius 3 is 1.21 bits per heavy atom. The Hall–Kier alpha value is 0.150. The fraction of sp³-hybridized carbons (Fsp3) is 1.00. The van der Waals surface area contributed by atoms with Crippen LogP contribution in [0.15, 0.2) is 0 Å². The first-order chi connectivity index (χ1) is 8.68. The number of quaternary nitrogens is 1. The van der Waals surface area contributed by atoms with E-state index < -0.39 is 7.37 Å². The van der Waals surface area contributed by atoms with Crippen LogP contribution in [0.25, 0.3) is 0 Å². The zero-order valence-electron chi connectivity index (χ0n) is 14.1. The molecule has 0 aromatic heterocycles. The van der Waals surface area contributed by atoms with Gasteiger partial charge in [0.2, 0.25) is 0 Å². The van der Waals surface area contributed by atoms with Crippen molar-refractivity contribution in [1.82, 2.24) is 0 Å². The van der Waals surface area contributed by atoms with Gasteiger partial charge in [-0.25, -0.2) is 0 Å². The molecule has 0 amide bonds. The van der Waals surface area contributed by atoms with Gasteiger partial charge in [-0.05, 0) is 32.6 Å². The normalized spacial score (nSPS) is 11.9. The standard InChI is InChI=1S/C13H30N.C2H7O2P/c1-5-8-11-14(4,12-9-6-2)13-10-7-3;1-5(2,3)4/h5-13H2,1-4H3;1-2H3,(H,3,4)/q+1;/p-1. The fourth-order valence-corrected chi connectivity index (χ4v) is 1.95. The van der Waals surface area contributed by atoms with Crippen molar-refractivity contribution in [2.75, 3.05) is 40.0 Å². The third kappa shape index (κ3) is 20.6. The SMILES string of the molecule is CCCC[N+](C)(CCCC)CCCC.CP(C)(=O)[O-]. The fourth-order valence-electron chi connectivity index (χ4n) is 1.95. The average Bonchev–Trinajstić information content (AvgIpc) is 2.30. The van der Waals surface area contributed by atoms with Gasteiger partial charge in [-0.1, -0.05) is 40.0 Å².